The Morgan fingerprint density at radius 3 is 3.00 bits per heavy atom. The number of nitrogens with one attached hydrogen (secondary N) is 3. The number of amides is 1. The van der Waals surface area contributed by atoms with Crippen LogP contribution in [0.4, 0.5) is 11.5 Å². The van der Waals surface area contributed by atoms with E-state index in [9.17, 15) is 4.79 Å². The van der Waals surface area contributed by atoms with E-state index >= 15 is 0 Å². The Morgan fingerprint density at radius 1 is 1.56 bits per heavy atom. The Kier molecular flexibility index (Phi) is 2.49. The summed E-state index contributed by atoms with van der Waals surface area (Å²) in [6.07, 6.45) is 3.06. The van der Waals surface area contributed by atoms with Crippen LogP contribution in [0.2, 0.25) is 0 Å². The summed E-state index contributed by atoms with van der Waals surface area (Å²) >= 11 is 0. The molecule has 18 heavy (non-hydrogen) atoms. The monoisotopic (exact) mass is 247 g/mol. The summed E-state index contributed by atoms with van der Waals surface area (Å²) in [5, 5.41) is 16.4. The molecule has 1 aliphatic heterocycles. The maximum absolute atomic E-state index is 12.0. The van der Waals surface area contributed by atoms with Crippen molar-refractivity contribution in [2.24, 2.45) is 0 Å². The summed E-state index contributed by atoms with van der Waals surface area (Å²) in [6.45, 7) is 1.72. The van der Waals surface area contributed by atoms with Crippen molar-refractivity contribution in [2.45, 2.75) is 6.04 Å². The van der Waals surface area contributed by atoms with Gasteiger partial charge >= 0.3 is 0 Å². The zero-order valence-corrected chi connectivity index (χ0v) is 9.55. The van der Waals surface area contributed by atoms with Crippen LogP contribution in [-0.2, 0) is 0 Å². The quantitative estimate of drug-likeness (QED) is 0.588. The molecule has 2 aromatic rings. The van der Waals surface area contributed by atoms with Crippen LogP contribution in [0.25, 0.3) is 0 Å². The largest absolute Gasteiger partial charge is 0.396 e. The minimum Gasteiger partial charge on any atom is -0.396 e. The third-order valence-corrected chi connectivity index (χ3v) is 2.91. The number of nitrogen functional groups attached to an aromatic ring is 1. The number of aromatic nitrogens is 4. The summed E-state index contributed by atoms with van der Waals surface area (Å²) in [6, 6.07) is 2.04. The zero-order valence-electron chi connectivity index (χ0n) is 9.55. The Balaban J connectivity index is 1.78. The first-order valence-electron chi connectivity index (χ1n) is 5.60. The molecule has 0 unspecified atom stereocenters. The molecule has 1 saturated heterocycles. The second-order valence-electron chi connectivity index (χ2n) is 4.13. The topological polar surface area (TPSA) is 114 Å². The van der Waals surface area contributed by atoms with Gasteiger partial charge in [0.2, 0.25) is 0 Å². The molecular formula is C10H13N7O. The van der Waals surface area contributed by atoms with E-state index in [1.807, 2.05) is 0 Å². The van der Waals surface area contributed by atoms with Gasteiger partial charge in [0.05, 0.1) is 24.1 Å². The molecule has 5 N–H and O–H groups in total. The van der Waals surface area contributed by atoms with Crippen molar-refractivity contribution in [3.8, 4) is 0 Å². The van der Waals surface area contributed by atoms with E-state index in [0.29, 0.717) is 11.5 Å². The molecule has 2 aromatic heterocycles. The summed E-state index contributed by atoms with van der Waals surface area (Å²) < 4.78 is 1.79. The fourth-order valence-corrected chi connectivity index (χ4v) is 1.81. The first-order chi connectivity index (χ1) is 8.75. The normalized spacial score (nSPS) is 15.3. The van der Waals surface area contributed by atoms with Gasteiger partial charge in [-0.3, -0.25) is 9.89 Å². The molecule has 8 nitrogen and oxygen atoms in total. The molecular weight excluding hydrogens is 234 g/mol. The Bertz CT molecular complexity index is 568. The van der Waals surface area contributed by atoms with Crippen molar-refractivity contribution in [3.05, 3.63) is 24.2 Å². The van der Waals surface area contributed by atoms with Crippen LogP contribution >= 0.6 is 0 Å². The molecule has 0 saturated carbocycles. The van der Waals surface area contributed by atoms with E-state index in [1.165, 1.54) is 6.20 Å². The number of hydrogen-bond donors (Lipinski definition) is 4. The predicted molar refractivity (Wildman–Crippen MR) is 65.1 cm³/mol. The Morgan fingerprint density at radius 2 is 2.39 bits per heavy atom. The van der Waals surface area contributed by atoms with Gasteiger partial charge in [0.25, 0.3) is 5.91 Å². The number of nitrogens with two attached hydrogens (primary N) is 1. The second-order valence-corrected chi connectivity index (χ2v) is 4.13. The van der Waals surface area contributed by atoms with Crippen molar-refractivity contribution in [2.75, 3.05) is 24.1 Å². The number of nitrogens with zero attached hydrogens (tertiary/aromatic N) is 3. The highest BCUT2D eigenvalue weighted by Gasteiger charge is 2.23. The summed E-state index contributed by atoms with van der Waals surface area (Å²) in [5.41, 5.74) is 6.20. The van der Waals surface area contributed by atoms with Crippen LogP contribution in [0.15, 0.2) is 18.5 Å². The molecule has 3 heterocycles. The predicted octanol–water partition coefficient (Wildman–Crippen LogP) is -0.415. The summed E-state index contributed by atoms with van der Waals surface area (Å²) in [5.74, 6) is 0.333. The first-order valence-corrected chi connectivity index (χ1v) is 5.60. The maximum atomic E-state index is 12.0. The number of carbonyl (C=O) groups excluding carboxylic acids is 1. The molecule has 0 aromatic carbocycles. The molecule has 1 amide bonds. The highest BCUT2D eigenvalue weighted by Crippen LogP contribution is 2.18. The van der Waals surface area contributed by atoms with Crippen LogP contribution in [0, 0.1) is 0 Å². The number of H-pyrrole nitrogens is 1. The Labute approximate surface area is 103 Å². The van der Waals surface area contributed by atoms with Gasteiger partial charge in [-0.05, 0) is 0 Å². The zero-order chi connectivity index (χ0) is 12.5. The van der Waals surface area contributed by atoms with Crippen LogP contribution in [0.3, 0.4) is 0 Å². The average Bonchev–Trinajstić information content (AvgIpc) is 2.86. The number of carbonyl (C=O) groups is 1. The van der Waals surface area contributed by atoms with Crippen molar-refractivity contribution in [1.29, 1.82) is 0 Å². The van der Waals surface area contributed by atoms with Gasteiger partial charge in [-0.15, -0.1) is 0 Å². The van der Waals surface area contributed by atoms with Gasteiger partial charge in [0.1, 0.15) is 11.5 Å². The molecule has 0 atom stereocenters. The standard InChI is InChI=1S/C10H13N7O/c11-7-5-13-16-9(7)10(18)15-8-1-2-14-17(8)6-3-12-4-6/h1-2,5-6,12H,3-4,11H2,(H,13,16)(H,15,18). The molecule has 1 aliphatic rings. The highest BCUT2D eigenvalue weighted by molar-refractivity contribution is 6.05. The van der Waals surface area contributed by atoms with Crippen LogP contribution < -0.4 is 16.4 Å². The SMILES string of the molecule is Nc1cn[nH]c1C(=O)Nc1ccnn1C1CNC1. The highest BCUT2D eigenvalue weighted by atomic mass is 16.2. The van der Waals surface area contributed by atoms with E-state index in [1.54, 1.807) is 16.9 Å². The molecule has 0 aliphatic carbocycles. The van der Waals surface area contributed by atoms with E-state index < -0.39 is 0 Å². The average molecular weight is 247 g/mol. The van der Waals surface area contributed by atoms with E-state index in [0.717, 1.165) is 13.1 Å². The van der Waals surface area contributed by atoms with Crippen molar-refractivity contribution < 1.29 is 4.79 Å². The number of hydrogen-bond acceptors (Lipinski definition) is 5. The van der Waals surface area contributed by atoms with Gasteiger partial charge in [-0.2, -0.15) is 10.2 Å². The minimum atomic E-state index is -0.320. The number of rotatable bonds is 3. The molecule has 1 fully saturated rings. The third kappa shape index (κ3) is 1.72. The van der Waals surface area contributed by atoms with Crippen molar-refractivity contribution >= 4 is 17.4 Å². The van der Waals surface area contributed by atoms with Crippen LogP contribution in [-0.4, -0.2) is 39.0 Å². The molecule has 8 heteroatoms. The van der Waals surface area contributed by atoms with Crippen molar-refractivity contribution in [1.82, 2.24) is 25.3 Å². The third-order valence-electron chi connectivity index (χ3n) is 2.91. The molecule has 94 valence electrons. The lowest BCUT2D eigenvalue weighted by Crippen LogP contribution is -2.44. The fraction of sp³-hybridized carbons (Fsp3) is 0.300. The van der Waals surface area contributed by atoms with Crippen molar-refractivity contribution in [3.63, 3.8) is 0 Å². The number of aromatic amines is 1. The van der Waals surface area contributed by atoms with E-state index in [-0.39, 0.29) is 17.6 Å². The van der Waals surface area contributed by atoms with Gasteiger partial charge in [-0.25, -0.2) is 4.68 Å². The van der Waals surface area contributed by atoms with Gasteiger partial charge < -0.3 is 16.4 Å². The van der Waals surface area contributed by atoms with E-state index in [2.05, 4.69) is 25.9 Å². The maximum Gasteiger partial charge on any atom is 0.276 e. The Hall–Kier alpha value is -2.35. The van der Waals surface area contributed by atoms with E-state index in [4.69, 9.17) is 5.73 Å². The second kappa shape index (κ2) is 4.15. The molecule has 0 spiro atoms. The lowest BCUT2D eigenvalue weighted by molar-refractivity contribution is 0.102. The van der Waals surface area contributed by atoms with Gasteiger partial charge in [0.15, 0.2) is 0 Å². The molecule has 3 rings (SSSR count). The van der Waals surface area contributed by atoms with Crippen LogP contribution in [0.1, 0.15) is 16.5 Å². The smallest absolute Gasteiger partial charge is 0.276 e. The van der Waals surface area contributed by atoms with Gasteiger partial charge in [0, 0.05) is 19.2 Å². The first kappa shape index (κ1) is 10.8. The lowest BCUT2D eigenvalue weighted by atomic mass is 10.2. The summed E-state index contributed by atoms with van der Waals surface area (Å²) in [7, 11) is 0. The minimum absolute atomic E-state index is 0.259. The fourth-order valence-electron chi connectivity index (χ4n) is 1.81. The lowest BCUT2D eigenvalue weighted by Gasteiger charge is -2.28. The summed E-state index contributed by atoms with van der Waals surface area (Å²) in [4.78, 5) is 12.0. The molecule has 0 bridgehead atoms. The molecule has 0 radical (unpaired) electrons. The van der Waals surface area contributed by atoms with Gasteiger partial charge in [-0.1, -0.05) is 0 Å². The van der Waals surface area contributed by atoms with Crippen LogP contribution in [0.5, 0.6) is 0 Å². The number of anilines is 2.